The van der Waals surface area contributed by atoms with E-state index in [1.54, 1.807) is 49.7 Å². The number of methoxy groups -OCH3 is 1. The summed E-state index contributed by atoms with van der Waals surface area (Å²) < 4.78 is 45.5. The fourth-order valence-corrected chi connectivity index (χ4v) is 4.56. The minimum absolute atomic E-state index is 0.00351. The zero-order chi connectivity index (χ0) is 32.0. The number of alkyl halides is 3. The molecule has 0 aliphatic rings. The molecule has 0 aliphatic heterocycles. The lowest BCUT2D eigenvalue weighted by molar-refractivity contribution is -0.138. The summed E-state index contributed by atoms with van der Waals surface area (Å²) in [5.74, 6) is -0.807. The fraction of sp³-hybridized carbons (Fsp3) is 0.188. The molecule has 228 valence electrons. The molecule has 1 amide bonds. The minimum Gasteiger partial charge on any atom is -0.497 e. The molecule has 3 aromatic carbocycles. The van der Waals surface area contributed by atoms with Gasteiger partial charge in [-0.1, -0.05) is 23.7 Å². The van der Waals surface area contributed by atoms with Gasteiger partial charge < -0.3 is 25.9 Å². The van der Waals surface area contributed by atoms with Crippen molar-refractivity contribution in [1.29, 1.82) is 5.41 Å². The van der Waals surface area contributed by atoms with E-state index < -0.39 is 23.6 Å². The molecule has 4 aromatic rings. The first-order chi connectivity index (χ1) is 20.8. The average Bonchev–Trinajstić information content (AvgIpc) is 2.99. The van der Waals surface area contributed by atoms with Crippen molar-refractivity contribution in [2.24, 2.45) is 0 Å². The van der Waals surface area contributed by atoms with Gasteiger partial charge in [0.1, 0.15) is 5.75 Å². The predicted molar refractivity (Wildman–Crippen MR) is 162 cm³/mol. The summed E-state index contributed by atoms with van der Waals surface area (Å²) in [6.45, 7) is 1.84. The molecule has 0 radical (unpaired) electrons. The highest BCUT2D eigenvalue weighted by molar-refractivity contribution is 6.35. The smallest absolute Gasteiger partial charge is 0.416 e. The van der Waals surface area contributed by atoms with Gasteiger partial charge in [0, 0.05) is 57.6 Å². The van der Waals surface area contributed by atoms with Gasteiger partial charge in [0.2, 0.25) is 0 Å². The van der Waals surface area contributed by atoms with E-state index in [2.05, 4.69) is 15.6 Å². The van der Waals surface area contributed by atoms with Gasteiger partial charge in [0.15, 0.2) is 0 Å². The zero-order valence-electron chi connectivity index (χ0n) is 23.6. The maximum absolute atomic E-state index is 13.4. The topological polar surface area (TPSA) is 124 Å². The number of halogens is 4. The molecule has 1 aromatic heterocycles. The van der Waals surface area contributed by atoms with E-state index in [1.807, 2.05) is 19.1 Å². The third-order valence-corrected chi connectivity index (χ3v) is 7.07. The minimum atomic E-state index is -4.61. The van der Waals surface area contributed by atoms with Crippen LogP contribution >= 0.6 is 11.6 Å². The summed E-state index contributed by atoms with van der Waals surface area (Å²) in [5.41, 5.74) is 1.47. The van der Waals surface area contributed by atoms with Gasteiger partial charge in [-0.3, -0.25) is 14.6 Å². The number of aromatic nitrogens is 1. The Morgan fingerprint density at radius 2 is 1.80 bits per heavy atom. The van der Waals surface area contributed by atoms with Crippen LogP contribution in [0.4, 0.5) is 13.2 Å². The molecule has 0 fully saturated rings. The molecule has 0 saturated carbocycles. The number of rotatable bonds is 11. The molecule has 4 rings (SSSR count). The van der Waals surface area contributed by atoms with Crippen molar-refractivity contribution in [2.45, 2.75) is 25.6 Å². The number of fused-ring (bicyclic) bond motifs is 1. The molecule has 4 N–H and O–H groups in total. The molecular formula is C32H28ClF3N4O4. The van der Waals surface area contributed by atoms with Gasteiger partial charge in [0.25, 0.3) is 5.91 Å². The van der Waals surface area contributed by atoms with Crippen LogP contribution in [0.25, 0.3) is 16.6 Å². The Morgan fingerprint density at radius 1 is 1.07 bits per heavy atom. The summed E-state index contributed by atoms with van der Waals surface area (Å²) in [5, 5.41) is 24.1. The number of amides is 1. The van der Waals surface area contributed by atoms with E-state index in [1.165, 1.54) is 6.08 Å². The van der Waals surface area contributed by atoms with Crippen LogP contribution in [-0.2, 0) is 11.0 Å². The van der Waals surface area contributed by atoms with Crippen molar-refractivity contribution < 1.29 is 32.6 Å². The number of carbonyl (C=O) groups is 2. The number of aliphatic carboxylic acids is 1. The first-order valence-corrected chi connectivity index (χ1v) is 13.7. The Bertz CT molecular complexity index is 1740. The highest BCUT2D eigenvalue weighted by Gasteiger charge is 2.31. The number of hydrogen-bond acceptors (Lipinski definition) is 6. The standard InChI is InChI=1S/C32H28ClF3N4O4/c1-18(19-3-5-20(6-4-19)31(43)38-12-11-30(41)42)40-29(22-13-21-7-9-24(44-2)15-28(21)39-17-22)16-27(37)25-14-23(32(34,35)36)8-10-26(25)33/h3-10,13-18,37,40H,11-12H2,1-2H3,(H,38,43)(H,41,42)/b29-16-,37-27?. The Balaban J connectivity index is 1.67. The Kier molecular flexibility index (Phi) is 9.90. The van der Waals surface area contributed by atoms with E-state index in [9.17, 15) is 22.8 Å². The lowest BCUT2D eigenvalue weighted by Gasteiger charge is -2.20. The third kappa shape index (κ3) is 7.93. The molecular weight excluding hydrogens is 597 g/mol. The molecule has 0 saturated heterocycles. The Morgan fingerprint density at radius 3 is 2.45 bits per heavy atom. The van der Waals surface area contributed by atoms with Crippen LogP contribution in [0.15, 0.2) is 79.0 Å². The van der Waals surface area contributed by atoms with Crippen LogP contribution in [0.1, 0.15) is 52.0 Å². The maximum atomic E-state index is 13.4. The largest absolute Gasteiger partial charge is 0.497 e. The molecule has 8 nitrogen and oxygen atoms in total. The van der Waals surface area contributed by atoms with Crippen LogP contribution in [0.2, 0.25) is 5.02 Å². The molecule has 44 heavy (non-hydrogen) atoms. The van der Waals surface area contributed by atoms with Crippen molar-refractivity contribution in [3.05, 3.63) is 112 Å². The first kappa shape index (κ1) is 32.0. The second-order valence-electron chi connectivity index (χ2n) is 9.83. The molecule has 1 unspecified atom stereocenters. The number of carboxylic acid groups (broad SMARTS) is 1. The number of nitrogens with one attached hydrogen (secondary N) is 3. The summed E-state index contributed by atoms with van der Waals surface area (Å²) in [6, 6.07) is 16.3. The number of carbonyl (C=O) groups excluding carboxylic acids is 1. The fourth-order valence-electron chi connectivity index (χ4n) is 4.34. The normalized spacial score (nSPS) is 12.5. The quantitative estimate of drug-likeness (QED) is 0.135. The number of pyridine rings is 1. The van der Waals surface area contributed by atoms with Gasteiger partial charge in [-0.25, -0.2) is 0 Å². The van der Waals surface area contributed by atoms with Gasteiger partial charge in [-0.05, 0) is 67.1 Å². The van der Waals surface area contributed by atoms with Crippen molar-refractivity contribution >= 4 is 45.8 Å². The summed E-state index contributed by atoms with van der Waals surface area (Å²) >= 11 is 6.22. The maximum Gasteiger partial charge on any atom is 0.416 e. The van der Waals surface area contributed by atoms with Crippen LogP contribution in [0.5, 0.6) is 5.75 Å². The van der Waals surface area contributed by atoms with Crippen LogP contribution < -0.4 is 15.4 Å². The van der Waals surface area contributed by atoms with Crippen molar-refractivity contribution in [3.8, 4) is 5.75 Å². The van der Waals surface area contributed by atoms with Crippen molar-refractivity contribution in [3.63, 3.8) is 0 Å². The highest BCUT2D eigenvalue weighted by Crippen LogP contribution is 2.32. The van der Waals surface area contributed by atoms with Gasteiger partial charge in [0.05, 0.1) is 30.3 Å². The Labute approximate surface area is 256 Å². The third-order valence-electron chi connectivity index (χ3n) is 6.74. The highest BCUT2D eigenvalue weighted by atomic mass is 35.5. The summed E-state index contributed by atoms with van der Waals surface area (Å²) in [7, 11) is 1.55. The molecule has 0 spiro atoms. The van der Waals surface area contributed by atoms with Crippen LogP contribution in [0, 0.1) is 5.41 Å². The van der Waals surface area contributed by atoms with E-state index in [0.29, 0.717) is 28.1 Å². The molecule has 12 heteroatoms. The SMILES string of the molecule is COc1ccc2cc(/C(=C/C(=N)c3cc(C(F)(F)F)ccc3Cl)NC(C)c3ccc(C(=O)NCCC(=O)O)cc3)cnc2c1. The lowest BCUT2D eigenvalue weighted by Crippen LogP contribution is -2.26. The number of ether oxygens (including phenoxy) is 1. The molecule has 0 bridgehead atoms. The Hall–Kier alpha value is -4.90. The van der Waals surface area contributed by atoms with Gasteiger partial charge >= 0.3 is 12.1 Å². The average molecular weight is 625 g/mol. The van der Waals surface area contributed by atoms with Crippen LogP contribution in [-0.4, -0.2) is 41.3 Å². The monoisotopic (exact) mass is 624 g/mol. The number of nitrogens with zero attached hydrogens (tertiary/aromatic N) is 1. The van der Waals surface area contributed by atoms with Crippen LogP contribution in [0.3, 0.4) is 0 Å². The first-order valence-electron chi connectivity index (χ1n) is 13.3. The van der Waals surface area contributed by atoms with Crippen molar-refractivity contribution in [2.75, 3.05) is 13.7 Å². The van der Waals surface area contributed by atoms with E-state index >= 15 is 0 Å². The number of benzene rings is 3. The van der Waals surface area contributed by atoms with Crippen molar-refractivity contribution in [1.82, 2.24) is 15.6 Å². The second-order valence-corrected chi connectivity index (χ2v) is 10.2. The summed E-state index contributed by atoms with van der Waals surface area (Å²) in [4.78, 5) is 27.6. The second kappa shape index (κ2) is 13.6. The molecule has 0 aliphatic carbocycles. The van der Waals surface area contributed by atoms with Gasteiger partial charge in [-0.15, -0.1) is 0 Å². The lowest BCUT2D eigenvalue weighted by atomic mass is 10.0. The number of carboxylic acids is 1. The van der Waals surface area contributed by atoms with E-state index in [0.717, 1.165) is 29.1 Å². The summed E-state index contributed by atoms with van der Waals surface area (Å²) in [6.07, 6.45) is -1.83. The number of allylic oxidation sites excluding steroid dienone is 1. The van der Waals surface area contributed by atoms with E-state index in [-0.39, 0.29) is 35.3 Å². The number of hydrogen-bond donors (Lipinski definition) is 4. The van der Waals surface area contributed by atoms with E-state index in [4.69, 9.17) is 26.9 Å². The molecule has 1 heterocycles. The predicted octanol–water partition coefficient (Wildman–Crippen LogP) is 6.88. The van der Waals surface area contributed by atoms with Gasteiger partial charge in [-0.2, -0.15) is 13.2 Å². The molecule has 1 atom stereocenters. The zero-order valence-corrected chi connectivity index (χ0v) is 24.4.